The topological polar surface area (TPSA) is 70.5 Å². The lowest BCUT2D eigenvalue weighted by Gasteiger charge is -2.25. The number of aliphatic hydroxyl groups excluding tert-OH is 1. The number of hydrogen-bond acceptors (Lipinski definition) is 4. The van der Waals surface area contributed by atoms with Gasteiger partial charge in [0, 0.05) is 54.6 Å². The van der Waals surface area contributed by atoms with Gasteiger partial charge >= 0.3 is 6.61 Å². The highest BCUT2D eigenvalue weighted by molar-refractivity contribution is 6.31. The van der Waals surface area contributed by atoms with E-state index in [1.165, 1.54) is 6.20 Å². The molecule has 6 nitrogen and oxygen atoms in total. The van der Waals surface area contributed by atoms with Gasteiger partial charge in [0.05, 0.1) is 22.9 Å². The van der Waals surface area contributed by atoms with Gasteiger partial charge in [-0.1, -0.05) is 16.7 Å². The van der Waals surface area contributed by atoms with Crippen molar-refractivity contribution in [2.45, 2.75) is 56.8 Å². The summed E-state index contributed by atoms with van der Waals surface area (Å²) in [7, 11) is 0. The van der Waals surface area contributed by atoms with Crippen molar-refractivity contribution in [2.24, 2.45) is 5.10 Å². The zero-order valence-corrected chi connectivity index (χ0v) is 21.3. The highest BCUT2D eigenvalue weighted by atomic mass is 35.5. The Bertz CT molecular complexity index is 1480. The molecule has 1 saturated carbocycles. The van der Waals surface area contributed by atoms with Crippen molar-refractivity contribution in [3.63, 3.8) is 0 Å². The van der Waals surface area contributed by atoms with E-state index in [9.17, 15) is 22.7 Å². The molecule has 6 rings (SSSR count). The molecule has 2 aliphatic heterocycles. The zero-order chi connectivity index (χ0) is 26.8. The molecule has 1 aromatic carbocycles. The molecule has 2 atom stereocenters. The summed E-state index contributed by atoms with van der Waals surface area (Å²) in [5, 5.41) is 14.9. The smallest absolute Gasteiger partial charge is 0.387 e. The normalized spacial score (nSPS) is 27.3. The summed E-state index contributed by atoms with van der Waals surface area (Å²) >= 11 is 6.16. The number of alkyl halides is 3. The summed E-state index contributed by atoms with van der Waals surface area (Å²) in [6, 6.07) is 3.79. The number of H-pyrrole nitrogens is 1. The summed E-state index contributed by atoms with van der Waals surface area (Å²) in [5.74, 6) is -2.42. The Morgan fingerprint density at radius 3 is 2.76 bits per heavy atom. The highest BCUT2D eigenvalue weighted by Gasteiger charge is 2.74. The first-order chi connectivity index (χ1) is 18.2. The molecule has 2 spiro atoms. The molecule has 1 aliphatic carbocycles. The summed E-state index contributed by atoms with van der Waals surface area (Å²) in [6.45, 7) is -1.27. The molecule has 2 N–H and O–H groups in total. The van der Waals surface area contributed by atoms with Gasteiger partial charge in [-0.15, -0.1) is 0 Å². The summed E-state index contributed by atoms with van der Waals surface area (Å²) in [4.78, 5) is 7.51. The number of aliphatic hydroxyl groups is 1. The maximum atomic E-state index is 14.6. The maximum absolute atomic E-state index is 14.6. The summed E-state index contributed by atoms with van der Waals surface area (Å²) < 4.78 is 60.2. The van der Waals surface area contributed by atoms with Crippen molar-refractivity contribution in [2.75, 3.05) is 13.2 Å². The first-order valence-corrected chi connectivity index (χ1v) is 12.9. The van der Waals surface area contributed by atoms with Crippen molar-refractivity contribution in [3.05, 3.63) is 63.8 Å². The van der Waals surface area contributed by atoms with Gasteiger partial charge in [0.25, 0.3) is 0 Å². The van der Waals surface area contributed by atoms with Gasteiger partial charge in [-0.3, -0.25) is 4.39 Å². The lowest BCUT2D eigenvalue weighted by molar-refractivity contribution is -0.795. The van der Waals surface area contributed by atoms with Crippen LogP contribution in [-0.4, -0.2) is 57.4 Å². The molecular formula is C27H26ClF4N4O2+. The average molecular weight is 550 g/mol. The van der Waals surface area contributed by atoms with Crippen LogP contribution in [0.15, 0.2) is 41.4 Å². The van der Waals surface area contributed by atoms with E-state index in [4.69, 9.17) is 16.7 Å². The molecule has 0 amide bonds. The molecule has 2 aromatic heterocycles. The van der Waals surface area contributed by atoms with Crippen LogP contribution in [0.3, 0.4) is 0 Å². The van der Waals surface area contributed by atoms with E-state index < -0.39 is 30.0 Å². The number of hydrogen-bond donors (Lipinski definition) is 2. The minimum atomic E-state index is -3.19. The Morgan fingerprint density at radius 1 is 1.29 bits per heavy atom. The fraction of sp³-hybridized carbons (Fsp3) is 0.407. The van der Waals surface area contributed by atoms with Crippen LogP contribution in [0, 0.1) is 5.82 Å². The van der Waals surface area contributed by atoms with E-state index in [2.05, 4.69) is 21.6 Å². The van der Waals surface area contributed by atoms with Crippen molar-refractivity contribution in [3.8, 4) is 5.75 Å². The Kier molecular flexibility index (Phi) is 6.04. The zero-order valence-electron chi connectivity index (χ0n) is 20.5. The number of nitrogens with one attached hydrogen (secondary N) is 1. The maximum Gasteiger partial charge on any atom is 0.387 e. The van der Waals surface area contributed by atoms with E-state index >= 15 is 0 Å². The molecule has 0 bridgehead atoms. The standard InChI is InChI=1S/C27H26ClF4N4O2/c1-14-19(12-35-36(14)13-27(36)6-4-16(37)5-7-27)15-8-17-20(11-34-25(17)33-10-15)18(9-29)23-22(38-26(31)32)3-2-21(30)24(23)28/h2-3,8,10-12,16,18,26,37H,4-7,9,13H2,1H3,(H,33,34)/q+1/t16?,18-,27?,36?/m0/s1. The quantitative estimate of drug-likeness (QED) is 0.216. The van der Waals surface area contributed by atoms with E-state index in [0.29, 0.717) is 21.2 Å². The lowest BCUT2D eigenvalue weighted by atomic mass is 9.86. The van der Waals surface area contributed by atoms with Crippen LogP contribution in [0.25, 0.3) is 16.6 Å². The number of halogens is 5. The van der Waals surface area contributed by atoms with Crippen LogP contribution in [0.4, 0.5) is 17.6 Å². The number of aromatic nitrogens is 2. The van der Waals surface area contributed by atoms with Crippen LogP contribution >= 0.6 is 11.6 Å². The molecule has 4 heterocycles. The van der Waals surface area contributed by atoms with Gasteiger partial charge in [-0.2, -0.15) is 13.4 Å². The predicted molar refractivity (Wildman–Crippen MR) is 135 cm³/mol. The SMILES string of the molecule is CC1=C(c2cnc3[nH]cc([C@H](CF)c4c(OC(F)F)ccc(F)c4Cl)c3c2)C=N[N+]12CC21CCC(O)CC1. The van der Waals surface area contributed by atoms with Crippen LogP contribution in [0.2, 0.25) is 5.02 Å². The van der Waals surface area contributed by atoms with Gasteiger partial charge < -0.3 is 14.8 Å². The van der Waals surface area contributed by atoms with Crippen LogP contribution in [0.1, 0.15) is 55.2 Å². The minimum Gasteiger partial charge on any atom is -0.434 e. The van der Waals surface area contributed by atoms with E-state index in [1.54, 1.807) is 6.20 Å². The molecular weight excluding hydrogens is 524 g/mol. The molecule has 11 heteroatoms. The van der Waals surface area contributed by atoms with Gasteiger partial charge in [-0.05, 0) is 36.6 Å². The van der Waals surface area contributed by atoms with Crippen molar-refractivity contribution in [1.82, 2.24) is 9.97 Å². The Labute approximate surface area is 221 Å². The fourth-order valence-corrected chi connectivity index (χ4v) is 6.65. The number of aromatic amines is 1. The molecule has 38 heavy (non-hydrogen) atoms. The van der Waals surface area contributed by atoms with Crippen LogP contribution in [0.5, 0.6) is 5.75 Å². The van der Waals surface area contributed by atoms with Crippen molar-refractivity contribution < 1.29 is 32.0 Å². The fourth-order valence-electron chi connectivity index (χ4n) is 6.36. The summed E-state index contributed by atoms with van der Waals surface area (Å²) in [5.41, 5.74) is 3.47. The van der Waals surface area contributed by atoms with E-state index in [0.717, 1.165) is 61.2 Å². The average Bonchev–Trinajstić information content (AvgIpc) is 3.13. The van der Waals surface area contributed by atoms with Gasteiger partial charge in [0.15, 0.2) is 12.1 Å². The molecule has 3 aromatic rings. The highest BCUT2D eigenvalue weighted by Crippen LogP contribution is 2.58. The molecule has 0 radical (unpaired) electrons. The number of rotatable bonds is 6. The molecule has 200 valence electrons. The number of nitrogens with zero attached hydrogens (tertiary/aromatic N) is 3. The number of fused-ring (bicyclic) bond motifs is 2. The Balaban J connectivity index is 1.40. The molecule has 1 unspecified atom stereocenters. The van der Waals surface area contributed by atoms with Crippen molar-refractivity contribution in [1.29, 1.82) is 0 Å². The first-order valence-electron chi connectivity index (χ1n) is 12.5. The van der Waals surface area contributed by atoms with Gasteiger partial charge in [-0.25, -0.2) is 9.37 Å². The first kappa shape index (κ1) is 25.3. The van der Waals surface area contributed by atoms with E-state index in [-0.39, 0.29) is 23.0 Å². The molecule has 3 aliphatic rings. The third kappa shape index (κ3) is 3.76. The minimum absolute atomic E-state index is 0.0207. The number of pyridine rings is 1. The Morgan fingerprint density at radius 2 is 2.05 bits per heavy atom. The van der Waals surface area contributed by atoms with Gasteiger partial charge in [0.1, 0.15) is 29.6 Å². The monoisotopic (exact) mass is 549 g/mol. The van der Waals surface area contributed by atoms with Crippen LogP contribution in [-0.2, 0) is 0 Å². The third-order valence-electron chi connectivity index (χ3n) is 8.48. The second-order valence-electron chi connectivity index (χ2n) is 10.3. The van der Waals surface area contributed by atoms with Crippen LogP contribution < -0.4 is 4.74 Å². The van der Waals surface area contributed by atoms with Gasteiger partial charge in [0.2, 0.25) is 0 Å². The third-order valence-corrected chi connectivity index (χ3v) is 8.86. The lowest BCUT2D eigenvalue weighted by Crippen LogP contribution is -2.34. The van der Waals surface area contributed by atoms with E-state index in [1.807, 2.05) is 12.3 Å². The molecule has 1 saturated heterocycles. The number of ether oxygens (including phenoxy) is 1. The second kappa shape index (κ2) is 9.07. The number of quaternary nitrogens is 1. The predicted octanol–water partition coefficient (Wildman–Crippen LogP) is 6.29. The summed E-state index contributed by atoms with van der Waals surface area (Å²) in [6.07, 6.45) is 8.18. The van der Waals surface area contributed by atoms with Crippen molar-refractivity contribution >= 4 is 34.4 Å². The Hall–Kier alpha value is -2.95. The number of benzene rings is 1. The molecule has 2 fully saturated rings. The largest absolute Gasteiger partial charge is 0.434 e. The number of allylic oxidation sites excluding steroid dienone is 2. The second-order valence-corrected chi connectivity index (χ2v) is 10.7.